The summed E-state index contributed by atoms with van der Waals surface area (Å²) in [5.74, 6) is 0.830. The molecule has 0 atom stereocenters. The normalized spacial score (nSPS) is 16.0. The number of hydrogen-bond acceptors (Lipinski definition) is 5. The summed E-state index contributed by atoms with van der Waals surface area (Å²) in [6.45, 7) is 5.88. The first-order valence-corrected chi connectivity index (χ1v) is 10.1. The minimum Gasteiger partial charge on any atom is -0.385 e. The summed E-state index contributed by atoms with van der Waals surface area (Å²) < 4.78 is 5.30. The topological polar surface area (TPSA) is 101 Å². The van der Waals surface area contributed by atoms with Crippen LogP contribution >= 0.6 is 0 Å². The quantitative estimate of drug-likeness (QED) is 0.176. The van der Waals surface area contributed by atoms with Crippen molar-refractivity contribution in [3.63, 3.8) is 0 Å². The van der Waals surface area contributed by atoms with Gasteiger partial charge in [-0.1, -0.05) is 12.8 Å². The van der Waals surface area contributed by atoms with Crippen LogP contribution in [0.1, 0.15) is 39.0 Å². The van der Waals surface area contributed by atoms with E-state index < -0.39 is 4.92 Å². The molecule has 1 aliphatic carbocycles. The molecule has 8 nitrogen and oxygen atoms in total. The number of benzene rings is 1. The SMILES string of the molecule is CCNC(=NCC1(CCOC)CCCC1)NCCNc1ccc([N+](=O)[O-])cc1. The van der Waals surface area contributed by atoms with Crippen molar-refractivity contribution in [3.8, 4) is 0 Å². The summed E-state index contributed by atoms with van der Waals surface area (Å²) >= 11 is 0. The molecular formula is C20H33N5O3. The van der Waals surface area contributed by atoms with E-state index in [4.69, 9.17) is 9.73 Å². The van der Waals surface area contributed by atoms with Crippen molar-refractivity contribution >= 4 is 17.3 Å². The molecule has 0 radical (unpaired) electrons. The predicted octanol–water partition coefficient (Wildman–Crippen LogP) is 3.16. The van der Waals surface area contributed by atoms with Crippen molar-refractivity contribution in [1.29, 1.82) is 0 Å². The average molecular weight is 392 g/mol. The van der Waals surface area contributed by atoms with Gasteiger partial charge < -0.3 is 20.7 Å². The van der Waals surface area contributed by atoms with Crippen molar-refractivity contribution in [2.75, 3.05) is 45.2 Å². The van der Waals surface area contributed by atoms with E-state index in [-0.39, 0.29) is 11.1 Å². The first-order valence-electron chi connectivity index (χ1n) is 10.1. The fraction of sp³-hybridized carbons (Fsp3) is 0.650. The second-order valence-electron chi connectivity index (χ2n) is 7.30. The highest BCUT2D eigenvalue weighted by molar-refractivity contribution is 5.79. The Bertz CT molecular complexity index is 627. The molecule has 2 rings (SSSR count). The third-order valence-corrected chi connectivity index (χ3v) is 5.24. The number of anilines is 1. The summed E-state index contributed by atoms with van der Waals surface area (Å²) in [5, 5.41) is 20.6. The van der Waals surface area contributed by atoms with E-state index in [1.807, 2.05) is 0 Å². The summed E-state index contributed by atoms with van der Waals surface area (Å²) in [6.07, 6.45) is 6.07. The van der Waals surface area contributed by atoms with Gasteiger partial charge in [0.1, 0.15) is 0 Å². The fourth-order valence-corrected chi connectivity index (χ4v) is 3.61. The van der Waals surface area contributed by atoms with Crippen LogP contribution in [0.2, 0.25) is 0 Å². The smallest absolute Gasteiger partial charge is 0.269 e. The van der Waals surface area contributed by atoms with Crippen molar-refractivity contribution in [2.24, 2.45) is 10.4 Å². The van der Waals surface area contributed by atoms with Gasteiger partial charge in [-0.3, -0.25) is 15.1 Å². The van der Waals surface area contributed by atoms with Crippen LogP contribution < -0.4 is 16.0 Å². The number of nitrogens with zero attached hydrogens (tertiary/aromatic N) is 2. The Hall–Kier alpha value is -2.35. The van der Waals surface area contributed by atoms with Gasteiger partial charge in [-0.15, -0.1) is 0 Å². The standard InChI is InChI=1S/C20H33N5O3/c1-3-21-19(24-16-20(12-15-28-2)10-4-5-11-20)23-14-13-22-17-6-8-18(9-7-17)25(26)27/h6-9,22H,3-5,10-16H2,1-2H3,(H2,21,23,24). The van der Waals surface area contributed by atoms with Gasteiger partial charge in [-0.2, -0.15) is 0 Å². The van der Waals surface area contributed by atoms with Crippen LogP contribution in [0.15, 0.2) is 29.3 Å². The largest absolute Gasteiger partial charge is 0.385 e. The Morgan fingerprint density at radius 1 is 1.21 bits per heavy atom. The highest BCUT2D eigenvalue weighted by Crippen LogP contribution is 2.41. The number of nitro groups is 1. The van der Waals surface area contributed by atoms with E-state index in [9.17, 15) is 10.1 Å². The van der Waals surface area contributed by atoms with Crippen LogP contribution in [-0.4, -0.2) is 50.8 Å². The molecule has 1 aromatic carbocycles. The molecule has 0 bridgehead atoms. The molecule has 0 aromatic heterocycles. The molecule has 0 spiro atoms. The number of nitrogens with one attached hydrogen (secondary N) is 3. The predicted molar refractivity (Wildman–Crippen MR) is 113 cm³/mol. The van der Waals surface area contributed by atoms with Crippen molar-refractivity contribution in [2.45, 2.75) is 39.0 Å². The molecule has 0 heterocycles. The Morgan fingerprint density at radius 3 is 2.54 bits per heavy atom. The molecule has 0 amide bonds. The molecule has 1 fully saturated rings. The van der Waals surface area contributed by atoms with Gasteiger partial charge in [0.05, 0.1) is 4.92 Å². The number of nitro benzene ring substituents is 1. The van der Waals surface area contributed by atoms with Gasteiger partial charge in [0.2, 0.25) is 0 Å². The van der Waals surface area contributed by atoms with Gasteiger partial charge in [0, 0.05) is 57.7 Å². The third-order valence-electron chi connectivity index (χ3n) is 5.24. The molecule has 0 unspecified atom stereocenters. The summed E-state index contributed by atoms with van der Waals surface area (Å²) in [6, 6.07) is 6.44. The van der Waals surface area contributed by atoms with Crippen molar-refractivity contribution < 1.29 is 9.66 Å². The lowest BCUT2D eigenvalue weighted by molar-refractivity contribution is -0.384. The molecule has 156 valence electrons. The Morgan fingerprint density at radius 2 is 1.93 bits per heavy atom. The van der Waals surface area contributed by atoms with E-state index >= 15 is 0 Å². The zero-order valence-corrected chi connectivity index (χ0v) is 17.0. The fourth-order valence-electron chi connectivity index (χ4n) is 3.61. The monoisotopic (exact) mass is 391 g/mol. The summed E-state index contributed by atoms with van der Waals surface area (Å²) in [5.41, 5.74) is 1.23. The number of methoxy groups -OCH3 is 1. The maximum atomic E-state index is 10.7. The van der Waals surface area contributed by atoms with Gasteiger partial charge in [0.25, 0.3) is 5.69 Å². The first kappa shape index (κ1) is 21.9. The second kappa shape index (κ2) is 11.5. The highest BCUT2D eigenvalue weighted by Gasteiger charge is 2.33. The number of hydrogen-bond donors (Lipinski definition) is 3. The highest BCUT2D eigenvalue weighted by atomic mass is 16.6. The number of ether oxygens (including phenoxy) is 1. The van der Waals surface area contributed by atoms with E-state index in [1.165, 1.54) is 37.8 Å². The number of non-ortho nitro benzene ring substituents is 1. The zero-order valence-electron chi connectivity index (χ0n) is 17.0. The van der Waals surface area contributed by atoms with Gasteiger partial charge in [0.15, 0.2) is 5.96 Å². The Balaban J connectivity index is 1.81. The molecule has 28 heavy (non-hydrogen) atoms. The molecule has 0 saturated heterocycles. The molecule has 3 N–H and O–H groups in total. The molecule has 1 aromatic rings. The second-order valence-corrected chi connectivity index (χ2v) is 7.30. The van der Waals surface area contributed by atoms with Crippen molar-refractivity contribution in [1.82, 2.24) is 10.6 Å². The minimum absolute atomic E-state index is 0.0968. The van der Waals surface area contributed by atoms with E-state index in [0.29, 0.717) is 13.1 Å². The molecule has 0 aliphatic heterocycles. The van der Waals surface area contributed by atoms with Crippen LogP contribution in [0.25, 0.3) is 0 Å². The molecule has 1 aliphatic rings. The van der Waals surface area contributed by atoms with Gasteiger partial charge in [-0.05, 0) is 43.7 Å². The molecular weight excluding hydrogens is 358 g/mol. The van der Waals surface area contributed by atoms with Crippen LogP contribution in [0.5, 0.6) is 0 Å². The summed E-state index contributed by atoms with van der Waals surface area (Å²) in [4.78, 5) is 15.1. The third kappa shape index (κ3) is 6.99. The lowest BCUT2D eigenvalue weighted by atomic mass is 9.83. The summed E-state index contributed by atoms with van der Waals surface area (Å²) in [7, 11) is 1.76. The minimum atomic E-state index is -0.395. The van der Waals surface area contributed by atoms with Gasteiger partial charge >= 0.3 is 0 Å². The Labute approximate surface area is 167 Å². The lowest BCUT2D eigenvalue weighted by Crippen LogP contribution is -2.40. The number of rotatable bonds is 11. The van der Waals surface area contributed by atoms with Crippen LogP contribution in [-0.2, 0) is 4.74 Å². The van der Waals surface area contributed by atoms with Gasteiger partial charge in [-0.25, -0.2) is 0 Å². The van der Waals surface area contributed by atoms with E-state index in [2.05, 4.69) is 22.9 Å². The first-order chi connectivity index (χ1) is 13.6. The van der Waals surface area contributed by atoms with E-state index in [0.717, 1.165) is 37.8 Å². The van der Waals surface area contributed by atoms with Crippen LogP contribution in [0.3, 0.4) is 0 Å². The van der Waals surface area contributed by atoms with Crippen LogP contribution in [0.4, 0.5) is 11.4 Å². The average Bonchev–Trinajstić information content (AvgIpc) is 3.17. The van der Waals surface area contributed by atoms with E-state index in [1.54, 1.807) is 19.2 Å². The molecule has 8 heteroatoms. The number of aliphatic imine (C=N–C) groups is 1. The Kier molecular flexibility index (Phi) is 9.00. The number of guanidine groups is 1. The zero-order chi connectivity index (χ0) is 20.2. The van der Waals surface area contributed by atoms with Crippen molar-refractivity contribution in [3.05, 3.63) is 34.4 Å². The van der Waals surface area contributed by atoms with Crippen LogP contribution in [0, 0.1) is 15.5 Å². The maximum Gasteiger partial charge on any atom is 0.269 e. The molecule has 1 saturated carbocycles. The maximum absolute atomic E-state index is 10.7. The lowest BCUT2D eigenvalue weighted by Gasteiger charge is -2.27.